The van der Waals surface area contributed by atoms with Crippen LogP contribution < -0.4 is 5.32 Å². The molecule has 25 heavy (non-hydrogen) atoms. The summed E-state index contributed by atoms with van der Waals surface area (Å²) in [5.74, 6) is -1.28. The molecule has 0 aromatic carbocycles. The number of carbonyl (C=O) groups excluding carboxylic acids is 3. The predicted octanol–water partition coefficient (Wildman–Crippen LogP) is 1.75. The number of ether oxygens (including phenoxy) is 1. The van der Waals surface area contributed by atoms with E-state index in [2.05, 4.69) is 10.3 Å². The van der Waals surface area contributed by atoms with Crippen molar-refractivity contribution in [2.45, 2.75) is 45.9 Å². The molecular formula is C15H20F2N4O4. The lowest BCUT2D eigenvalue weighted by molar-refractivity contribution is 0.00517. The van der Waals surface area contributed by atoms with Crippen molar-refractivity contribution in [1.82, 2.24) is 19.8 Å². The molecule has 2 heterocycles. The number of aromatic nitrogens is 2. The second kappa shape index (κ2) is 6.77. The highest BCUT2D eigenvalue weighted by Gasteiger charge is 2.36. The highest BCUT2D eigenvalue weighted by atomic mass is 19.3. The van der Waals surface area contributed by atoms with Crippen LogP contribution in [-0.4, -0.2) is 57.5 Å². The second-order valence-corrected chi connectivity index (χ2v) is 6.73. The van der Waals surface area contributed by atoms with Crippen molar-refractivity contribution < 1.29 is 27.9 Å². The van der Waals surface area contributed by atoms with Crippen LogP contribution in [0.3, 0.4) is 0 Å². The van der Waals surface area contributed by atoms with Gasteiger partial charge in [0.2, 0.25) is 0 Å². The highest BCUT2D eigenvalue weighted by Crippen LogP contribution is 2.21. The van der Waals surface area contributed by atoms with Crippen LogP contribution in [0.4, 0.5) is 13.6 Å². The minimum absolute atomic E-state index is 0.0308. The Bertz CT molecular complexity index is 690. The third kappa shape index (κ3) is 4.12. The highest BCUT2D eigenvalue weighted by molar-refractivity contribution is 5.95. The molecule has 0 aliphatic carbocycles. The Morgan fingerprint density at radius 1 is 1.36 bits per heavy atom. The molecule has 2 amide bonds. The summed E-state index contributed by atoms with van der Waals surface area (Å²) in [5, 5.41) is 2.56. The number of nitrogens with zero attached hydrogens (tertiary/aromatic N) is 3. The summed E-state index contributed by atoms with van der Waals surface area (Å²) >= 11 is 0. The Morgan fingerprint density at radius 3 is 2.44 bits per heavy atom. The first kappa shape index (κ1) is 18.8. The van der Waals surface area contributed by atoms with Crippen LogP contribution in [0, 0.1) is 6.92 Å². The molecular weight excluding hydrogens is 338 g/mol. The lowest BCUT2D eigenvalue weighted by Crippen LogP contribution is -2.61. The van der Waals surface area contributed by atoms with Gasteiger partial charge >= 0.3 is 12.6 Å². The number of imidazole rings is 1. The molecule has 1 aromatic heterocycles. The number of likely N-dealkylation sites (tertiary alicyclic amines) is 1. The number of aryl methyl sites for hydroxylation is 1. The Balaban J connectivity index is 2.00. The molecule has 0 unspecified atom stereocenters. The summed E-state index contributed by atoms with van der Waals surface area (Å²) in [4.78, 5) is 40.0. The van der Waals surface area contributed by atoms with E-state index in [1.807, 2.05) is 0 Å². The molecule has 0 atom stereocenters. The number of alkyl halides is 2. The van der Waals surface area contributed by atoms with E-state index in [1.165, 1.54) is 11.8 Å². The Hall–Kier alpha value is -2.52. The first-order valence-electron chi connectivity index (χ1n) is 7.64. The zero-order valence-corrected chi connectivity index (χ0v) is 14.4. The van der Waals surface area contributed by atoms with Gasteiger partial charge in [-0.1, -0.05) is 0 Å². The zero-order valence-electron chi connectivity index (χ0n) is 14.4. The van der Waals surface area contributed by atoms with E-state index in [0.29, 0.717) is 4.57 Å². The van der Waals surface area contributed by atoms with Gasteiger partial charge in [-0.3, -0.25) is 14.2 Å². The van der Waals surface area contributed by atoms with Crippen molar-refractivity contribution in [3.8, 4) is 0 Å². The van der Waals surface area contributed by atoms with Crippen molar-refractivity contribution in [1.29, 1.82) is 0 Å². The smallest absolute Gasteiger partial charge is 0.410 e. The molecule has 8 nitrogen and oxygen atoms in total. The van der Waals surface area contributed by atoms with E-state index in [-0.39, 0.29) is 36.8 Å². The molecule has 1 fully saturated rings. The standard InChI is InChI=1S/C15H20F2N4O4/c1-8-11(21(13(16)17)10(7-22)18-8)12(23)19-9-5-20(6-9)14(24)25-15(2,3)4/h7,9,13H,5-6H2,1-4H3,(H,19,23). The van der Waals surface area contributed by atoms with Crippen LogP contribution in [0.25, 0.3) is 0 Å². The fourth-order valence-electron chi connectivity index (χ4n) is 2.42. The third-order valence-corrected chi connectivity index (χ3v) is 3.50. The quantitative estimate of drug-likeness (QED) is 0.828. The average molecular weight is 358 g/mol. The molecule has 1 aliphatic rings. The normalized spacial score (nSPS) is 15.1. The molecule has 0 spiro atoms. The minimum atomic E-state index is -3.07. The average Bonchev–Trinajstić information content (AvgIpc) is 2.76. The molecule has 1 saturated heterocycles. The fourth-order valence-corrected chi connectivity index (χ4v) is 2.42. The number of hydrogen-bond acceptors (Lipinski definition) is 5. The van der Waals surface area contributed by atoms with Gasteiger partial charge in [-0.25, -0.2) is 9.78 Å². The van der Waals surface area contributed by atoms with Crippen molar-refractivity contribution in [3.05, 3.63) is 17.2 Å². The molecule has 138 valence electrons. The van der Waals surface area contributed by atoms with E-state index >= 15 is 0 Å². The molecule has 2 rings (SSSR count). The van der Waals surface area contributed by atoms with E-state index in [9.17, 15) is 23.2 Å². The molecule has 0 saturated carbocycles. The Labute approximate surface area is 143 Å². The summed E-state index contributed by atoms with van der Waals surface area (Å²) in [6.07, 6.45) is -0.334. The van der Waals surface area contributed by atoms with Gasteiger partial charge in [0, 0.05) is 13.1 Å². The lowest BCUT2D eigenvalue weighted by atomic mass is 10.1. The number of amides is 2. The van der Waals surface area contributed by atoms with Crippen LogP contribution in [0.2, 0.25) is 0 Å². The van der Waals surface area contributed by atoms with Gasteiger partial charge in [0.1, 0.15) is 11.3 Å². The number of aldehydes is 1. The van der Waals surface area contributed by atoms with Gasteiger partial charge in [0.25, 0.3) is 5.91 Å². The number of hydrogen-bond donors (Lipinski definition) is 1. The lowest BCUT2D eigenvalue weighted by Gasteiger charge is -2.39. The monoisotopic (exact) mass is 358 g/mol. The molecule has 1 aromatic rings. The van der Waals surface area contributed by atoms with Gasteiger partial charge in [-0.2, -0.15) is 8.78 Å². The van der Waals surface area contributed by atoms with Gasteiger partial charge < -0.3 is 15.0 Å². The Kier molecular flexibility index (Phi) is 5.09. The SMILES string of the molecule is Cc1nc(C=O)n(C(F)F)c1C(=O)NC1CN(C(=O)OC(C)(C)C)C1. The summed E-state index contributed by atoms with van der Waals surface area (Å²) in [6.45, 7) is 3.94. The molecule has 10 heteroatoms. The number of rotatable bonds is 4. The summed E-state index contributed by atoms with van der Waals surface area (Å²) < 4.78 is 31.7. The fraction of sp³-hybridized carbons (Fsp3) is 0.600. The van der Waals surface area contributed by atoms with Gasteiger partial charge in [-0.05, 0) is 27.7 Å². The van der Waals surface area contributed by atoms with Crippen molar-refractivity contribution >= 4 is 18.3 Å². The maximum atomic E-state index is 13.1. The topological polar surface area (TPSA) is 93.5 Å². The van der Waals surface area contributed by atoms with Crippen LogP contribution in [0.1, 0.15) is 54.1 Å². The first-order chi connectivity index (χ1) is 11.5. The van der Waals surface area contributed by atoms with Gasteiger partial charge in [0.05, 0.1) is 11.7 Å². The molecule has 0 radical (unpaired) electrons. The Morgan fingerprint density at radius 2 is 1.96 bits per heavy atom. The minimum Gasteiger partial charge on any atom is -0.444 e. The van der Waals surface area contributed by atoms with Crippen LogP contribution in [0.5, 0.6) is 0 Å². The predicted molar refractivity (Wildman–Crippen MR) is 82.7 cm³/mol. The largest absolute Gasteiger partial charge is 0.444 e. The van der Waals surface area contributed by atoms with E-state index < -0.39 is 30.0 Å². The van der Waals surface area contributed by atoms with Crippen molar-refractivity contribution in [3.63, 3.8) is 0 Å². The van der Waals surface area contributed by atoms with Crippen LogP contribution >= 0.6 is 0 Å². The van der Waals surface area contributed by atoms with Gasteiger partial charge in [-0.15, -0.1) is 0 Å². The van der Waals surface area contributed by atoms with E-state index in [1.54, 1.807) is 20.8 Å². The van der Waals surface area contributed by atoms with Crippen LogP contribution in [-0.2, 0) is 4.74 Å². The number of halogens is 2. The molecule has 1 N–H and O–H groups in total. The van der Waals surface area contributed by atoms with Gasteiger partial charge in [0.15, 0.2) is 12.1 Å². The van der Waals surface area contributed by atoms with E-state index in [4.69, 9.17) is 4.74 Å². The summed E-state index contributed by atoms with van der Waals surface area (Å²) in [7, 11) is 0. The molecule has 1 aliphatic heterocycles. The maximum Gasteiger partial charge on any atom is 0.410 e. The number of carbonyl (C=O) groups is 3. The third-order valence-electron chi connectivity index (χ3n) is 3.50. The summed E-state index contributed by atoms with van der Waals surface area (Å²) in [6, 6.07) is -0.389. The van der Waals surface area contributed by atoms with Crippen LogP contribution in [0.15, 0.2) is 0 Å². The van der Waals surface area contributed by atoms with E-state index in [0.717, 1.165) is 0 Å². The van der Waals surface area contributed by atoms with Crippen molar-refractivity contribution in [2.75, 3.05) is 13.1 Å². The maximum absolute atomic E-state index is 13.1. The number of nitrogens with one attached hydrogen (secondary N) is 1. The second-order valence-electron chi connectivity index (χ2n) is 6.73. The van der Waals surface area contributed by atoms with Crippen molar-refractivity contribution in [2.24, 2.45) is 0 Å². The first-order valence-corrected chi connectivity index (χ1v) is 7.64. The summed E-state index contributed by atoms with van der Waals surface area (Å²) in [5.41, 5.74) is -0.964. The molecule has 0 bridgehead atoms. The zero-order chi connectivity index (χ0) is 18.9.